The number of rotatable bonds is 3. The monoisotopic (exact) mass is 245 g/mol. The van der Waals surface area contributed by atoms with Gasteiger partial charge < -0.3 is 0 Å². The van der Waals surface area contributed by atoms with Gasteiger partial charge in [-0.25, -0.2) is 9.18 Å². The Labute approximate surface area is 104 Å². The number of hydrogen-bond acceptors (Lipinski definition) is 2. The Balaban J connectivity index is 2.37. The summed E-state index contributed by atoms with van der Waals surface area (Å²) in [5.41, 5.74) is 0.540. The molecule has 0 aliphatic heterocycles. The fourth-order valence-corrected chi connectivity index (χ4v) is 1.76. The number of imidazole rings is 1. The van der Waals surface area contributed by atoms with Crippen LogP contribution in [-0.2, 0) is 13.1 Å². The van der Waals surface area contributed by atoms with Gasteiger partial charge in [0.1, 0.15) is 5.82 Å². The summed E-state index contributed by atoms with van der Waals surface area (Å²) in [7, 11) is 0. The number of nitriles is 1. The summed E-state index contributed by atoms with van der Waals surface area (Å²) in [6, 6.07) is 6.08. The summed E-state index contributed by atoms with van der Waals surface area (Å²) in [6.45, 7) is 2.57. The molecule has 0 unspecified atom stereocenters. The first-order chi connectivity index (χ1) is 8.65. The van der Waals surface area contributed by atoms with E-state index in [-0.39, 0.29) is 12.2 Å². The SMILES string of the molecule is CCn1ccn(Cc2cc(C#N)ccc2F)c1=O. The van der Waals surface area contributed by atoms with Crippen molar-refractivity contribution < 1.29 is 4.39 Å². The second-order valence-electron chi connectivity index (χ2n) is 3.91. The van der Waals surface area contributed by atoms with Gasteiger partial charge in [-0.05, 0) is 25.1 Å². The van der Waals surface area contributed by atoms with Gasteiger partial charge in [0.05, 0.1) is 18.2 Å². The smallest absolute Gasteiger partial charge is 0.300 e. The molecule has 0 saturated heterocycles. The molecular weight excluding hydrogens is 233 g/mol. The van der Waals surface area contributed by atoms with Gasteiger partial charge in [-0.1, -0.05) is 0 Å². The Hall–Kier alpha value is -2.35. The molecule has 0 fully saturated rings. The van der Waals surface area contributed by atoms with Crippen molar-refractivity contribution in [2.75, 3.05) is 0 Å². The van der Waals surface area contributed by atoms with E-state index >= 15 is 0 Å². The van der Waals surface area contributed by atoms with Crippen molar-refractivity contribution in [3.63, 3.8) is 0 Å². The zero-order valence-corrected chi connectivity index (χ0v) is 9.93. The fraction of sp³-hybridized carbons (Fsp3) is 0.231. The third-order valence-corrected chi connectivity index (χ3v) is 2.77. The molecule has 0 atom stereocenters. The van der Waals surface area contributed by atoms with Crippen molar-refractivity contribution in [1.82, 2.24) is 9.13 Å². The summed E-state index contributed by atoms with van der Waals surface area (Å²) in [5.74, 6) is -0.412. The van der Waals surface area contributed by atoms with Crippen LogP contribution in [0.2, 0.25) is 0 Å². The number of benzene rings is 1. The van der Waals surface area contributed by atoms with E-state index in [2.05, 4.69) is 0 Å². The van der Waals surface area contributed by atoms with E-state index in [0.29, 0.717) is 17.7 Å². The number of halogens is 1. The minimum absolute atomic E-state index is 0.132. The Morgan fingerprint density at radius 2 is 2.06 bits per heavy atom. The van der Waals surface area contributed by atoms with E-state index in [9.17, 15) is 9.18 Å². The van der Waals surface area contributed by atoms with Crippen molar-refractivity contribution in [2.45, 2.75) is 20.0 Å². The van der Waals surface area contributed by atoms with Crippen LogP contribution in [0.15, 0.2) is 35.4 Å². The Kier molecular flexibility index (Phi) is 3.28. The second-order valence-corrected chi connectivity index (χ2v) is 3.91. The lowest BCUT2D eigenvalue weighted by Gasteiger charge is -2.04. The zero-order valence-electron chi connectivity index (χ0n) is 9.93. The first-order valence-corrected chi connectivity index (χ1v) is 5.59. The highest BCUT2D eigenvalue weighted by Gasteiger charge is 2.07. The van der Waals surface area contributed by atoms with Crippen LogP contribution in [0.1, 0.15) is 18.1 Å². The van der Waals surface area contributed by atoms with Gasteiger partial charge >= 0.3 is 5.69 Å². The molecule has 0 bridgehead atoms. The summed E-state index contributed by atoms with van der Waals surface area (Å²) in [4.78, 5) is 11.8. The quantitative estimate of drug-likeness (QED) is 0.826. The molecule has 18 heavy (non-hydrogen) atoms. The minimum Gasteiger partial charge on any atom is -0.300 e. The molecule has 92 valence electrons. The first-order valence-electron chi connectivity index (χ1n) is 5.59. The summed E-state index contributed by atoms with van der Waals surface area (Å²) in [5, 5.41) is 8.77. The van der Waals surface area contributed by atoms with Gasteiger partial charge in [0.25, 0.3) is 0 Å². The number of aromatic nitrogens is 2. The van der Waals surface area contributed by atoms with E-state index < -0.39 is 5.82 Å². The molecule has 0 amide bonds. The van der Waals surface area contributed by atoms with E-state index in [0.717, 1.165) is 0 Å². The largest absolute Gasteiger partial charge is 0.328 e. The number of aryl methyl sites for hydroxylation is 1. The molecule has 1 heterocycles. The van der Waals surface area contributed by atoms with Gasteiger partial charge in [-0.2, -0.15) is 5.26 Å². The van der Waals surface area contributed by atoms with Crippen molar-refractivity contribution >= 4 is 0 Å². The molecule has 4 nitrogen and oxygen atoms in total. The summed E-state index contributed by atoms with van der Waals surface area (Å²) < 4.78 is 16.5. The molecule has 2 aromatic rings. The van der Waals surface area contributed by atoms with Crippen molar-refractivity contribution in [1.29, 1.82) is 5.26 Å². The van der Waals surface area contributed by atoms with Gasteiger partial charge in [-0.3, -0.25) is 9.13 Å². The van der Waals surface area contributed by atoms with E-state index in [4.69, 9.17) is 5.26 Å². The predicted octanol–water partition coefficient (Wildman–Crippen LogP) is 1.73. The lowest BCUT2D eigenvalue weighted by Crippen LogP contribution is -2.24. The second kappa shape index (κ2) is 4.88. The standard InChI is InChI=1S/C13H12FN3O/c1-2-16-5-6-17(13(16)18)9-11-7-10(8-15)3-4-12(11)14/h3-7H,2,9H2,1H3. The first kappa shape index (κ1) is 12.1. The maximum Gasteiger partial charge on any atom is 0.328 e. The van der Waals surface area contributed by atoms with Crippen LogP contribution in [0, 0.1) is 17.1 Å². The fourth-order valence-electron chi connectivity index (χ4n) is 1.76. The highest BCUT2D eigenvalue weighted by molar-refractivity contribution is 5.33. The van der Waals surface area contributed by atoms with E-state index in [1.54, 1.807) is 12.4 Å². The van der Waals surface area contributed by atoms with E-state index in [1.807, 2.05) is 13.0 Å². The van der Waals surface area contributed by atoms with Gasteiger partial charge in [0, 0.05) is 24.5 Å². The van der Waals surface area contributed by atoms with E-state index in [1.165, 1.54) is 27.3 Å². The number of nitrogens with zero attached hydrogens (tertiary/aromatic N) is 3. The molecule has 1 aromatic carbocycles. The molecule has 0 N–H and O–H groups in total. The Bertz CT molecular complexity index is 664. The lowest BCUT2D eigenvalue weighted by atomic mass is 10.1. The maximum absolute atomic E-state index is 13.6. The molecule has 0 radical (unpaired) electrons. The van der Waals surface area contributed by atoms with Crippen molar-refractivity contribution in [2.24, 2.45) is 0 Å². The van der Waals surface area contributed by atoms with Gasteiger partial charge in [0.15, 0.2) is 0 Å². The number of hydrogen-bond donors (Lipinski definition) is 0. The normalized spacial score (nSPS) is 10.3. The summed E-state index contributed by atoms with van der Waals surface area (Å²) >= 11 is 0. The van der Waals surface area contributed by atoms with Crippen LogP contribution in [0.5, 0.6) is 0 Å². The van der Waals surface area contributed by atoms with Crippen LogP contribution in [-0.4, -0.2) is 9.13 Å². The minimum atomic E-state index is -0.412. The van der Waals surface area contributed by atoms with Crippen LogP contribution in [0.4, 0.5) is 4.39 Å². The molecule has 0 spiro atoms. The molecule has 0 aliphatic carbocycles. The van der Waals surface area contributed by atoms with Crippen molar-refractivity contribution in [3.05, 3.63) is 58.0 Å². The highest BCUT2D eigenvalue weighted by atomic mass is 19.1. The third kappa shape index (κ3) is 2.18. The Morgan fingerprint density at radius 1 is 1.33 bits per heavy atom. The zero-order chi connectivity index (χ0) is 13.1. The van der Waals surface area contributed by atoms with Crippen LogP contribution < -0.4 is 5.69 Å². The lowest BCUT2D eigenvalue weighted by molar-refractivity contribution is 0.590. The van der Waals surface area contributed by atoms with Crippen LogP contribution in [0.3, 0.4) is 0 Å². The highest BCUT2D eigenvalue weighted by Crippen LogP contribution is 2.11. The Morgan fingerprint density at radius 3 is 2.67 bits per heavy atom. The van der Waals surface area contributed by atoms with Crippen molar-refractivity contribution in [3.8, 4) is 6.07 Å². The topological polar surface area (TPSA) is 50.7 Å². The van der Waals surface area contributed by atoms with Gasteiger partial charge in [0.2, 0.25) is 0 Å². The molecule has 2 rings (SSSR count). The predicted molar refractivity (Wildman–Crippen MR) is 64.6 cm³/mol. The van der Waals surface area contributed by atoms with Crippen LogP contribution in [0.25, 0.3) is 0 Å². The molecule has 5 heteroatoms. The molecule has 0 aliphatic rings. The molecular formula is C13H12FN3O. The maximum atomic E-state index is 13.6. The summed E-state index contributed by atoms with van der Waals surface area (Å²) in [6.07, 6.45) is 3.28. The average molecular weight is 245 g/mol. The van der Waals surface area contributed by atoms with Crippen LogP contribution >= 0.6 is 0 Å². The third-order valence-electron chi connectivity index (χ3n) is 2.77. The van der Waals surface area contributed by atoms with Gasteiger partial charge in [-0.15, -0.1) is 0 Å². The average Bonchev–Trinajstić information content (AvgIpc) is 2.73. The molecule has 0 saturated carbocycles. The molecule has 1 aromatic heterocycles.